The Morgan fingerprint density at radius 3 is 1.69 bits per heavy atom. The third kappa shape index (κ3) is 9.72. The van der Waals surface area contributed by atoms with Gasteiger partial charge in [0.1, 0.15) is 11.2 Å². The van der Waals surface area contributed by atoms with Gasteiger partial charge in [-0.25, -0.2) is 9.59 Å². The van der Waals surface area contributed by atoms with Crippen LogP contribution in [-0.4, -0.2) is 78.9 Å². The standard InChI is InChI=1S/2C15H24BrN3O2/c1-5-13-12(16)10-19(17-13)11-6-8-18(9-7-11)14(20)21-15(2,3)4;1-5-13-12(16)10-17-19(13)11-6-8-18(9-7-11)14(20)21-15(2,3)4/h2*10-11H,5-9H2,1-4H3. The van der Waals surface area contributed by atoms with E-state index in [4.69, 9.17) is 9.47 Å². The van der Waals surface area contributed by atoms with Gasteiger partial charge in [-0.05, 0) is 112 Å². The summed E-state index contributed by atoms with van der Waals surface area (Å²) in [5.41, 5.74) is 1.45. The highest BCUT2D eigenvalue weighted by Crippen LogP contribution is 2.28. The minimum absolute atomic E-state index is 0.210. The summed E-state index contributed by atoms with van der Waals surface area (Å²) in [5.74, 6) is 0. The summed E-state index contributed by atoms with van der Waals surface area (Å²) < 4.78 is 17.1. The Hall–Kier alpha value is -2.08. The molecule has 0 atom stereocenters. The zero-order chi connectivity index (χ0) is 31.2. The van der Waals surface area contributed by atoms with Crippen LogP contribution in [0.3, 0.4) is 0 Å². The van der Waals surface area contributed by atoms with E-state index < -0.39 is 11.2 Å². The van der Waals surface area contributed by atoms with Gasteiger partial charge in [0.05, 0.1) is 38.6 Å². The quantitative estimate of drug-likeness (QED) is 0.324. The van der Waals surface area contributed by atoms with Crippen LogP contribution in [-0.2, 0) is 22.3 Å². The van der Waals surface area contributed by atoms with Crippen LogP contribution in [0.2, 0.25) is 0 Å². The monoisotopic (exact) mass is 714 g/mol. The molecule has 0 aromatic carbocycles. The molecule has 236 valence electrons. The molecule has 4 heterocycles. The van der Waals surface area contributed by atoms with Crippen molar-refractivity contribution in [2.45, 2.75) is 117 Å². The molecule has 0 unspecified atom stereocenters. The van der Waals surface area contributed by atoms with Crippen molar-refractivity contribution in [2.75, 3.05) is 26.2 Å². The third-order valence-corrected chi connectivity index (χ3v) is 8.55. The maximum atomic E-state index is 12.1. The number of aryl methyl sites for hydroxylation is 1. The largest absolute Gasteiger partial charge is 0.444 e. The first-order valence-corrected chi connectivity index (χ1v) is 16.6. The first-order valence-electron chi connectivity index (χ1n) is 15.0. The van der Waals surface area contributed by atoms with Gasteiger partial charge in [-0.1, -0.05) is 13.8 Å². The van der Waals surface area contributed by atoms with E-state index in [1.54, 1.807) is 9.80 Å². The predicted molar refractivity (Wildman–Crippen MR) is 171 cm³/mol. The lowest BCUT2D eigenvalue weighted by molar-refractivity contribution is 0.0174. The van der Waals surface area contributed by atoms with Crippen molar-refractivity contribution in [3.63, 3.8) is 0 Å². The first kappa shape index (κ1) is 34.4. The van der Waals surface area contributed by atoms with Gasteiger partial charge in [0.2, 0.25) is 0 Å². The number of carbonyl (C=O) groups is 2. The first-order chi connectivity index (χ1) is 19.6. The smallest absolute Gasteiger partial charge is 0.410 e. The average molecular weight is 717 g/mol. The number of nitrogens with zero attached hydrogens (tertiary/aromatic N) is 6. The Bertz CT molecular complexity index is 1180. The molecule has 2 amide bonds. The molecule has 10 nitrogen and oxygen atoms in total. The van der Waals surface area contributed by atoms with Crippen LogP contribution in [0, 0.1) is 0 Å². The van der Waals surface area contributed by atoms with E-state index in [9.17, 15) is 9.59 Å². The molecule has 2 aliphatic rings. The summed E-state index contributed by atoms with van der Waals surface area (Å²) >= 11 is 7.09. The summed E-state index contributed by atoms with van der Waals surface area (Å²) in [6, 6.07) is 0.727. The Labute approximate surface area is 267 Å². The van der Waals surface area contributed by atoms with Crippen molar-refractivity contribution < 1.29 is 19.1 Å². The normalized spacial score (nSPS) is 17.1. The van der Waals surface area contributed by atoms with Gasteiger partial charge in [0.15, 0.2) is 0 Å². The molecule has 2 fully saturated rings. The van der Waals surface area contributed by atoms with Crippen LogP contribution < -0.4 is 0 Å². The molecule has 0 saturated carbocycles. The number of halogens is 2. The number of hydrogen-bond donors (Lipinski definition) is 0. The third-order valence-electron chi connectivity index (χ3n) is 7.23. The van der Waals surface area contributed by atoms with Gasteiger partial charge < -0.3 is 19.3 Å². The topological polar surface area (TPSA) is 94.7 Å². The van der Waals surface area contributed by atoms with Gasteiger partial charge in [0.25, 0.3) is 0 Å². The molecule has 2 aromatic rings. The molecule has 4 rings (SSSR count). The Morgan fingerprint density at radius 1 is 0.810 bits per heavy atom. The molecule has 0 aliphatic carbocycles. The van der Waals surface area contributed by atoms with Crippen molar-refractivity contribution in [2.24, 2.45) is 0 Å². The lowest BCUT2D eigenvalue weighted by Gasteiger charge is -2.34. The lowest BCUT2D eigenvalue weighted by Crippen LogP contribution is -2.42. The van der Waals surface area contributed by atoms with E-state index in [1.165, 1.54) is 5.69 Å². The number of carbonyl (C=O) groups excluding carboxylic acids is 2. The minimum atomic E-state index is -0.434. The Balaban J connectivity index is 0.000000230. The van der Waals surface area contributed by atoms with Crippen molar-refractivity contribution in [1.82, 2.24) is 29.4 Å². The van der Waals surface area contributed by atoms with Gasteiger partial charge in [0, 0.05) is 32.4 Å². The highest BCUT2D eigenvalue weighted by molar-refractivity contribution is 9.10. The fourth-order valence-corrected chi connectivity index (χ4v) is 6.23. The molecule has 2 aromatic heterocycles. The van der Waals surface area contributed by atoms with Gasteiger partial charge in [-0.3, -0.25) is 9.36 Å². The van der Waals surface area contributed by atoms with E-state index in [1.807, 2.05) is 58.6 Å². The highest BCUT2D eigenvalue weighted by atomic mass is 79.9. The van der Waals surface area contributed by atoms with E-state index >= 15 is 0 Å². The van der Waals surface area contributed by atoms with Crippen molar-refractivity contribution >= 4 is 44.0 Å². The number of hydrogen-bond acceptors (Lipinski definition) is 6. The maximum absolute atomic E-state index is 12.1. The number of likely N-dealkylation sites (tertiary alicyclic amines) is 2. The second kappa shape index (κ2) is 14.6. The van der Waals surface area contributed by atoms with E-state index in [-0.39, 0.29) is 12.2 Å². The number of amides is 2. The fraction of sp³-hybridized carbons (Fsp3) is 0.733. The number of aromatic nitrogens is 4. The van der Waals surface area contributed by atoms with Gasteiger partial charge in [-0.15, -0.1) is 0 Å². The van der Waals surface area contributed by atoms with Crippen molar-refractivity contribution in [3.05, 3.63) is 32.7 Å². The molecular weight excluding hydrogens is 668 g/mol. The van der Waals surface area contributed by atoms with Crippen LogP contribution in [0.4, 0.5) is 9.59 Å². The molecule has 42 heavy (non-hydrogen) atoms. The van der Waals surface area contributed by atoms with Crippen LogP contribution in [0.5, 0.6) is 0 Å². The van der Waals surface area contributed by atoms with E-state index in [0.717, 1.165) is 79.3 Å². The summed E-state index contributed by atoms with van der Waals surface area (Å²) in [6.45, 7) is 18.5. The number of ether oxygens (including phenoxy) is 2. The summed E-state index contributed by atoms with van der Waals surface area (Å²) in [6.07, 6.45) is 9.02. The zero-order valence-electron chi connectivity index (χ0n) is 26.5. The predicted octanol–water partition coefficient (Wildman–Crippen LogP) is 7.56. The number of rotatable bonds is 4. The minimum Gasteiger partial charge on any atom is -0.444 e. The summed E-state index contributed by atoms with van der Waals surface area (Å²) in [4.78, 5) is 27.7. The van der Waals surface area contributed by atoms with E-state index in [2.05, 4.69) is 60.6 Å². The van der Waals surface area contributed by atoms with Gasteiger partial charge in [-0.2, -0.15) is 10.2 Å². The van der Waals surface area contributed by atoms with Crippen LogP contribution in [0.1, 0.15) is 105 Å². The second-order valence-electron chi connectivity index (χ2n) is 12.9. The maximum Gasteiger partial charge on any atom is 0.410 e. The number of piperidine rings is 2. The average Bonchev–Trinajstić information content (AvgIpc) is 3.48. The Kier molecular flexibility index (Phi) is 12.0. The SMILES string of the molecule is CCc1c(Br)cnn1C1CCN(C(=O)OC(C)(C)C)CC1.CCc1nn(C2CCN(C(=O)OC(C)(C)C)CC2)cc1Br. The van der Waals surface area contributed by atoms with Crippen molar-refractivity contribution in [3.8, 4) is 0 Å². The molecule has 0 bridgehead atoms. The van der Waals surface area contributed by atoms with Crippen LogP contribution in [0.25, 0.3) is 0 Å². The molecule has 0 N–H and O–H groups in total. The summed E-state index contributed by atoms with van der Waals surface area (Å²) in [7, 11) is 0. The molecule has 0 radical (unpaired) electrons. The van der Waals surface area contributed by atoms with Gasteiger partial charge >= 0.3 is 12.2 Å². The summed E-state index contributed by atoms with van der Waals surface area (Å²) in [5, 5.41) is 9.09. The second-order valence-corrected chi connectivity index (χ2v) is 14.6. The molecular formula is C30H48Br2N6O4. The van der Waals surface area contributed by atoms with Crippen molar-refractivity contribution in [1.29, 1.82) is 0 Å². The molecule has 12 heteroatoms. The zero-order valence-corrected chi connectivity index (χ0v) is 29.6. The molecule has 2 saturated heterocycles. The molecule has 0 spiro atoms. The highest BCUT2D eigenvalue weighted by Gasteiger charge is 2.30. The Morgan fingerprint density at radius 2 is 1.29 bits per heavy atom. The lowest BCUT2D eigenvalue weighted by atomic mass is 10.1. The van der Waals surface area contributed by atoms with Crippen LogP contribution >= 0.6 is 31.9 Å². The van der Waals surface area contributed by atoms with Crippen LogP contribution in [0.15, 0.2) is 21.3 Å². The van der Waals surface area contributed by atoms with E-state index in [0.29, 0.717) is 12.1 Å². The fourth-order valence-electron chi connectivity index (χ4n) is 5.10. The molecule has 2 aliphatic heterocycles.